The number of hydrogen-bond donors (Lipinski definition) is 2. The van der Waals surface area contributed by atoms with Gasteiger partial charge >= 0.3 is 5.97 Å². The number of nitrogens with zero attached hydrogens (tertiary/aromatic N) is 6. The van der Waals surface area contributed by atoms with Gasteiger partial charge in [0.25, 0.3) is 11.8 Å². The van der Waals surface area contributed by atoms with Crippen molar-refractivity contribution in [3.05, 3.63) is 46.7 Å². The van der Waals surface area contributed by atoms with Crippen LogP contribution < -0.4 is 5.32 Å². The predicted octanol–water partition coefficient (Wildman–Crippen LogP) is 0.226. The highest BCUT2D eigenvalue weighted by molar-refractivity contribution is 8.01. The molecule has 0 saturated carbocycles. The molecule has 2 atom stereocenters. The third-order valence-corrected chi connectivity index (χ3v) is 7.18. The lowest BCUT2D eigenvalue weighted by Gasteiger charge is -2.49. The fourth-order valence-electron chi connectivity index (χ4n) is 3.24. The first-order valence-corrected chi connectivity index (χ1v) is 11.0. The van der Waals surface area contributed by atoms with Gasteiger partial charge < -0.3 is 10.4 Å². The van der Waals surface area contributed by atoms with Crippen molar-refractivity contribution in [2.75, 3.05) is 11.5 Å². The number of carbonyl (C=O) groups excluding carboxylic acids is 2. The molecule has 0 unspecified atom stereocenters. The molecule has 4 rings (SSSR count). The van der Waals surface area contributed by atoms with Crippen molar-refractivity contribution < 1.29 is 19.5 Å². The van der Waals surface area contributed by atoms with E-state index >= 15 is 0 Å². The van der Waals surface area contributed by atoms with Gasteiger partial charge in [-0.1, -0.05) is 17.8 Å². The maximum atomic E-state index is 12.7. The third kappa shape index (κ3) is 3.87. The largest absolute Gasteiger partial charge is 0.477 e. The molecule has 31 heavy (non-hydrogen) atoms. The lowest BCUT2D eigenvalue weighted by molar-refractivity contribution is -0.148. The van der Waals surface area contributed by atoms with Gasteiger partial charge in [0.05, 0.1) is 11.6 Å². The van der Waals surface area contributed by atoms with Crippen molar-refractivity contribution in [1.29, 1.82) is 5.26 Å². The maximum Gasteiger partial charge on any atom is 0.352 e. The molecule has 1 aromatic heterocycles. The predicted molar refractivity (Wildman–Crippen MR) is 110 cm³/mol. The number of benzene rings is 1. The molecule has 0 aliphatic carbocycles. The number of aryl methyl sites for hydroxylation is 1. The lowest BCUT2D eigenvalue weighted by Crippen LogP contribution is -2.70. The highest BCUT2D eigenvalue weighted by atomic mass is 32.2. The van der Waals surface area contributed by atoms with Gasteiger partial charge in [0.15, 0.2) is 0 Å². The number of rotatable bonds is 6. The zero-order valence-electron chi connectivity index (χ0n) is 16.1. The molecule has 1 aromatic carbocycles. The topological polar surface area (TPSA) is 154 Å². The summed E-state index contributed by atoms with van der Waals surface area (Å²) < 4.78 is 1.48. The number of hydrogen-bond acceptors (Lipinski definition) is 9. The molecule has 11 nitrogen and oxygen atoms in total. The number of amides is 2. The average Bonchev–Trinajstić information content (AvgIpc) is 3.19. The van der Waals surface area contributed by atoms with Gasteiger partial charge in [-0.2, -0.15) is 5.26 Å². The molecule has 2 aromatic rings. The molecule has 1 saturated heterocycles. The number of aromatic nitrogens is 4. The molecule has 0 radical (unpaired) electrons. The van der Waals surface area contributed by atoms with Gasteiger partial charge in [0.1, 0.15) is 17.1 Å². The van der Waals surface area contributed by atoms with E-state index in [0.29, 0.717) is 27.8 Å². The Bertz CT molecular complexity index is 1160. The summed E-state index contributed by atoms with van der Waals surface area (Å²) in [5.74, 6) is -1.46. The van der Waals surface area contributed by atoms with Crippen molar-refractivity contribution in [2.45, 2.75) is 16.6 Å². The number of aliphatic carboxylic acids is 1. The molecule has 2 aliphatic heterocycles. The molecule has 2 N–H and O–H groups in total. The van der Waals surface area contributed by atoms with E-state index in [2.05, 4.69) is 20.8 Å². The summed E-state index contributed by atoms with van der Waals surface area (Å²) >= 11 is 2.67. The monoisotopic (exact) mass is 457 g/mol. The van der Waals surface area contributed by atoms with Crippen molar-refractivity contribution in [2.24, 2.45) is 7.05 Å². The summed E-state index contributed by atoms with van der Waals surface area (Å²) in [6.45, 7) is 0. The Morgan fingerprint density at radius 3 is 2.94 bits per heavy atom. The van der Waals surface area contributed by atoms with E-state index in [-0.39, 0.29) is 11.3 Å². The molecule has 2 aliphatic rings. The van der Waals surface area contributed by atoms with E-state index in [0.717, 1.165) is 0 Å². The Labute approximate surface area is 184 Å². The van der Waals surface area contributed by atoms with Crippen LogP contribution in [-0.2, 0) is 16.6 Å². The van der Waals surface area contributed by atoms with Crippen molar-refractivity contribution >= 4 is 41.3 Å². The van der Waals surface area contributed by atoms with Gasteiger partial charge in [0.2, 0.25) is 5.16 Å². The number of nitriles is 1. The van der Waals surface area contributed by atoms with Crippen molar-refractivity contribution in [3.8, 4) is 6.07 Å². The second-order valence-electron chi connectivity index (χ2n) is 6.68. The minimum Gasteiger partial charge on any atom is -0.477 e. The molecular weight excluding hydrogens is 442 g/mol. The number of fused-ring (bicyclic) bond motifs is 1. The smallest absolute Gasteiger partial charge is 0.352 e. The first-order chi connectivity index (χ1) is 14.9. The van der Waals surface area contributed by atoms with Crippen LogP contribution in [0.4, 0.5) is 0 Å². The number of carbonyl (C=O) groups is 3. The second kappa shape index (κ2) is 8.40. The van der Waals surface area contributed by atoms with E-state index in [1.165, 1.54) is 39.2 Å². The van der Waals surface area contributed by atoms with Crippen LogP contribution in [0.3, 0.4) is 0 Å². The van der Waals surface area contributed by atoms with Gasteiger partial charge in [0, 0.05) is 24.1 Å². The minimum absolute atomic E-state index is 0.0617. The van der Waals surface area contributed by atoms with Crippen molar-refractivity contribution in [1.82, 2.24) is 30.4 Å². The fraction of sp³-hybridized carbons (Fsp3) is 0.278. The van der Waals surface area contributed by atoms with Crippen LogP contribution in [0.2, 0.25) is 0 Å². The molecule has 0 bridgehead atoms. The Balaban J connectivity index is 1.49. The summed E-state index contributed by atoms with van der Waals surface area (Å²) in [7, 11) is 1.68. The Hall–Kier alpha value is -3.37. The molecule has 2 amide bonds. The fourth-order valence-corrected chi connectivity index (χ4v) is 5.58. The quantitative estimate of drug-likeness (QED) is 0.455. The van der Waals surface area contributed by atoms with E-state index in [9.17, 15) is 19.5 Å². The highest BCUT2D eigenvalue weighted by Gasteiger charge is 2.54. The van der Waals surface area contributed by atoms with E-state index in [4.69, 9.17) is 5.26 Å². The number of β-lactam (4-membered cyclic amide) rings is 1. The van der Waals surface area contributed by atoms with Crippen LogP contribution in [0.25, 0.3) is 0 Å². The SMILES string of the molecule is Cn1nnnc1SCC1=C(C(=O)O)N2C(=O)[C@@H](NC(=O)c3cccc(C#N)c3)[C@@H]2SC1. The van der Waals surface area contributed by atoms with Gasteiger partial charge in [-0.05, 0) is 34.2 Å². The number of carboxylic acid groups (broad SMARTS) is 1. The first kappa shape index (κ1) is 20.9. The summed E-state index contributed by atoms with van der Waals surface area (Å²) in [6, 6.07) is 7.26. The van der Waals surface area contributed by atoms with Crippen LogP contribution in [0.5, 0.6) is 0 Å². The number of thioether (sulfide) groups is 2. The minimum atomic E-state index is -1.20. The van der Waals surface area contributed by atoms with Crippen LogP contribution >= 0.6 is 23.5 Å². The zero-order chi connectivity index (χ0) is 22.1. The van der Waals surface area contributed by atoms with Crippen molar-refractivity contribution in [3.63, 3.8) is 0 Å². The van der Waals surface area contributed by atoms with Gasteiger partial charge in [-0.15, -0.1) is 16.9 Å². The molecule has 3 heterocycles. The van der Waals surface area contributed by atoms with E-state index in [1.807, 2.05) is 6.07 Å². The Morgan fingerprint density at radius 2 is 2.26 bits per heavy atom. The first-order valence-electron chi connectivity index (χ1n) is 8.97. The number of carboxylic acids is 1. The van der Waals surface area contributed by atoms with E-state index < -0.39 is 29.2 Å². The third-order valence-electron chi connectivity index (χ3n) is 4.75. The summed E-state index contributed by atoms with van der Waals surface area (Å²) in [6.07, 6.45) is 0. The standard InChI is InChI=1S/C18H15N7O4S2/c1-24-18(21-22-23-24)31-8-11-7-30-16-12(15(27)25(16)13(11)17(28)29)20-14(26)10-4-2-3-9(5-10)6-19/h2-5,12,16H,7-8H2,1H3,(H,20,26)(H,28,29)/t12-,16+/m1/s1. The number of nitrogens with one attached hydrogen (secondary N) is 1. The van der Waals surface area contributed by atoms with Crippen LogP contribution in [0, 0.1) is 11.3 Å². The molecular formula is C18H15N7O4S2. The summed E-state index contributed by atoms with van der Waals surface area (Å²) in [5.41, 5.74) is 1.11. The van der Waals surface area contributed by atoms with Crippen LogP contribution in [0.15, 0.2) is 40.7 Å². The molecule has 13 heteroatoms. The maximum absolute atomic E-state index is 12.7. The number of tetrazole rings is 1. The molecule has 158 valence electrons. The van der Waals surface area contributed by atoms with Crippen LogP contribution in [0.1, 0.15) is 15.9 Å². The molecule has 0 spiro atoms. The Morgan fingerprint density at radius 1 is 1.45 bits per heavy atom. The average molecular weight is 457 g/mol. The second-order valence-corrected chi connectivity index (χ2v) is 8.73. The highest BCUT2D eigenvalue weighted by Crippen LogP contribution is 2.41. The normalized spacial score (nSPS) is 20.0. The Kier molecular flexibility index (Phi) is 5.66. The summed E-state index contributed by atoms with van der Waals surface area (Å²) in [4.78, 5) is 38.4. The zero-order valence-corrected chi connectivity index (χ0v) is 17.7. The lowest BCUT2D eigenvalue weighted by atomic mass is 10.0. The van der Waals surface area contributed by atoms with Crippen LogP contribution in [-0.4, -0.2) is 70.9 Å². The van der Waals surface area contributed by atoms with Gasteiger partial charge in [-0.25, -0.2) is 9.48 Å². The van der Waals surface area contributed by atoms with E-state index in [1.54, 1.807) is 25.2 Å². The molecule has 1 fully saturated rings. The summed E-state index contributed by atoms with van der Waals surface area (Å²) in [5, 5.41) is 32.5. The van der Waals surface area contributed by atoms with Gasteiger partial charge in [-0.3, -0.25) is 14.5 Å².